The summed E-state index contributed by atoms with van der Waals surface area (Å²) >= 11 is 7.14. The molecule has 2 aromatic rings. The summed E-state index contributed by atoms with van der Waals surface area (Å²) in [5, 5.41) is 0. The molecule has 2 rings (SSSR count). The maximum Gasteiger partial charge on any atom is 0.417 e. The van der Waals surface area contributed by atoms with Crippen LogP contribution in [-0.2, 0) is 22.6 Å². The molecule has 8 heteroatoms. The highest BCUT2D eigenvalue weighted by Gasteiger charge is 2.19. The third-order valence-corrected chi connectivity index (χ3v) is 6.12. The van der Waals surface area contributed by atoms with Crippen molar-refractivity contribution in [2.24, 2.45) is 0 Å². The van der Waals surface area contributed by atoms with Gasteiger partial charge in [0.05, 0.1) is 32.9 Å². The van der Waals surface area contributed by atoms with Gasteiger partial charge in [-0.25, -0.2) is 4.79 Å². The fraction of sp³-hybridized carbons (Fsp3) is 0.316. The van der Waals surface area contributed by atoms with Crippen LogP contribution in [-0.4, -0.2) is 34.9 Å². The van der Waals surface area contributed by atoms with Gasteiger partial charge in [-0.2, -0.15) is 0 Å². The van der Waals surface area contributed by atoms with Gasteiger partial charge in [0, 0.05) is 16.5 Å². The highest BCUT2D eigenvalue weighted by Crippen LogP contribution is 2.44. The topological polar surface area (TPSA) is 63.2 Å². The van der Waals surface area contributed by atoms with Gasteiger partial charge in [0.15, 0.2) is 23.0 Å². The molecule has 0 aliphatic carbocycles. The van der Waals surface area contributed by atoms with Crippen molar-refractivity contribution in [2.45, 2.75) is 13.0 Å². The summed E-state index contributed by atoms with van der Waals surface area (Å²) in [4.78, 5) is 10.4. The first-order chi connectivity index (χ1) is 13.0. The maximum absolute atomic E-state index is 10.4. The van der Waals surface area contributed by atoms with E-state index in [9.17, 15) is 4.79 Å². The molecule has 1 radical (unpaired) electrons. The van der Waals surface area contributed by atoms with Crippen LogP contribution in [0.4, 0.5) is 0 Å². The van der Waals surface area contributed by atoms with E-state index in [4.69, 9.17) is 23.7 Å². The first-order valence-electron chi connectivity index (χ1n) is 7.82. The zero-order valence-electron chi connectivity index (χ0n) is 15.4. The van der Waals surface area contributed by atoms with Gasteiger partial charge >= 0.3 is 6.47 Å². The Morgan fingerprint density at radius 3 is 2.00 bits per heavy atom. The van der Waals surface area contributed by atoms with Crippen molar-refractivity contribution in [2.75, 3.05) is 28.4 Å². The smallest absolute Gasteiger partial charge is 0.417 e. The van der Waals surface area contributed by atoms with Gasteiger partial charge in [-0.15, -0.1) is 0 Å². The molecule has 0 aliphatic heterocycles. The minimum Gasteiger partial charge on any atom is -0.493 e. The number of hydrogen-bond donors (Lipinski definition) is 0. The first kappa shape index (κ1) is 21.4. The summed E-state index contributed by atoms with van der Waals surface area (Å²) in [7, 11) is 6.30. The second-order valence-corrected chi connectivity index (χ2v) is 7.02. The zero-order chi connectivity index (χ0) is 20.0. The van der Waals surface area contributed by atoms with Crippen molar-refractivity contribution < 1.29 is 28.5 Å². The van der Waals surface area contributed by atoms with E-state index < -0.39 is 0 Å². The number of hydrogen-bond acceptors (Lipinski definition) is 6. The van der Waals surface area contributed by atoms with Crippen molar-refractivity contribution >= 4 is 38.3 Å². The molecular formula is C19H19Br2O6. The highest BCUT2D eigenvalue weighted by atomic mass is 79.9. The van der Waals surface area contributed by atoms with E-state index >= 15 is 0 Å². The molecule has 0 fully saturated rings. The van der Waals surface area contributed by atoms with Gasteiger partial charge in [-0.3, -0.25) is 0 Å². The van der Waals surface area contributed by atoms with Gasteiger partial charge in [0.2, 0.25) is 0 Å². The lowest BCUT2D eigenvalue weighted by molar-refractivity contribution is 0.266. The molecule has 0 saturated carbocycles. The summed E-state index contributed by atoms with van der Waals surface area (Å²) in [6.07, 6.45) is 0.512. The van der Waals surface area contributed by atoms with Crippen LogP contribution in [0, 0.1) is 0 Å². The van der Waals surface area contributed by atoms with E-state index in [1.165, 1.54) is 6.47 Å². The lowest BCUT2D eigenvalue weighted by Gasteiger charge is -2.18. The molecule has 145 valence electrons. The number of halogens is 2. The van der Waals surface area contributed by atoms with Gasteiger partial charge in [0.25, 0.3) is 0 Å². The monoisotopic (exact) mass is 501 g/mol. The largest absolute Gasteiger partial charge is 0.493 e. The highest BCUT2D eigenvalue weighted by molar-refractivity contribution is 9.13. The number of rotatable bonds is 9. The third-order valence-electron chi connectivity index (χ3n) is 3.92. The van der Waals surface area contributed by atoms with Crippen LogP contribution in [0.25, 0.3) is 0 Å². The van der Waals surface area contributed by atoms with Crippen molar-refractivity contribution in [3.8, 4) is 23.0 Å². The van der Waals surface area contributed by atoms with Crippen molar-refractivity contribution in [1.82, 2.24) is 0 Å². The molecule has 0 aliphatic rings. The molecule has 0 saturated heterocycles. The van der Waals surface area contributed by atoms with Crippen molar-refractivity contribution in [3.05, 3.63) is 43.8 Å². The second kappa shape index (κ2) is 9.85. The van der Waals surface area contributed by atoms with Crippen LogP contribution in [0.5, 0.6) is 23.0 Å². The Hall–Kier alpha value is -1.93. The molecule has 0 amide bonds. The Balaban J connectivity index is 2.55. The fourth-order valence-corrected chi connectivity index (χ4v) is 3.79. The zero-order valence-corrected chi connectivity index (χ0v) is 18.5. The number of methoxy groups -OCH3 is 4. The Kier molecular flexibility index (Phi) is 7.79. The molecule has 6 nitrogen and oxygen atoms in total. The molecule has 0 aromatic heterocycles. The van der Waals surface area contributed by atoms with Crippen LogP contribution in [0.15, 0.2) is 27.1 Å². The van der Waals surface area contributed by atoms with Crippen LogP contribution in [0.3, 0.4) is 0 Å². The summed E-state index contributed by atoms with van der Waals surface area (Å²) in [6, 6.07) is 5.55. The number of carbonyl (C=O) groups excluding carboxylic acids is 1. The summed E-state index contributed by atoms with van der Waals surface area (Å²) < 4.78 is 28.1. The standard InChI is InChI=1S/C19H19Br2O6/c1-23-14-6-11(9-27-10-22)5-13(18(14)25-3)7-12-8-15(24-2)19(26-4)17(21)16(12)20/h5-6,8H,7,9H2,1-4H3. The van der Waals surface area contributed by atoms with E-state index in [0.717, 1.165) is 25.6 Å². The van der Waals surface area contributed by atoms with Gasteiger partial charge in [-0.05, 0) is 61.2 Å². The van der Waals surface area contributed by atoms with E-state index in [0.29, 0.717) is 29.4 Å². The molecule has 0 bridgehead atoms. The second-order valence-electron chi connectivity index (χ2n) is 5.44. The minimum atomic E-state index is 0.0909. The average molecular weight is 503 g/mol. The lowest BCUT2D eigenvalue weighted by atomic mass is 10.0. The maximum atomic E-state index is 10.4. The van der Waals surface area contributed by atoms with Crippen LogP contribution in [0.1, 0.15) is 16.7 Å². The minimum absolute atomic E-state index is 0.0909. The molecule has 0 heterocycles. The number of ether oxygens (including phenoxy) is 5. The lowest BCUT2D eigenvalue weighted by Crippen LogP contribution is -2.02. The first-order valence-corrected chi connectivity index (χ1v) is 9.40. The van der Waals surface area contributed by atoms with Crippen LogP contribution < -0.4 is 18.9 Å². The predicted molar refractivity (Wildman–Crippen MR) is 108 cm³/mol. The fourth-order valence-electron chi connectivity index (χ4n) is 2.75. The summed E-state index contributed by atoms with van der Waals surface area (Å²) in [5.74, 6) is 2.36. The predicted octanol–water partition coefficient (Wildman–Crippen LogP) is 4.42. The Bertz CT molecular complexity index is 823. The van der Waals surface area contributed by atoms with Crippen LogP contribution in [0.2, 0.25) is 0 Å². The van der Waals surface area contributed by atoms with Gasteiger partial charge < -0.3 is 23.7 Å². The molecule has 0 spiro atoms. The third kappa shape index (κ3) is 4.68. The SMILES string of the molecule is COc1cc(CO[C]=O)cc(Cc2cc(OC)c(OC)c(Br)c2Br)c1OC. The number of benzene rings is 2. The van der Waals surface area contributed by atoms with E-state index in [1.807, 2.05) is 12.1 Å². The average Bonchev–Trinajstić information content (AvgIpc) is 2.69. The van der Waals surface area contributed by atoms with Gasteiger partial charge in [0.1, 0.15) is 6.61 Å². The van der Waals surface area contributed by atoms with Crippen LogP contribution >= 0.6 is 31.9 Å². The van der Waals surface area contributed by atoms with Crippen molar-refractivity contribution in [3.63, 3.8) is 0 Å². The Labute approximate surface area is 175 Å². The van der Waals surface area contributed by atoms with Gasteiger partial charge in [-0.1, -0.05) is 0 Å². The normalized spacial score (nSPS) is 10.3. The van der Waals surface area contributed by atoms with E-state index in [1.54, 1.807) is 34.5 Å². The summed E-state index contributed by atoms with van der Waals surface area (Å²) in [6.45, 7) is 1.52. The molecular weight excluding hydrogens is 484 g/mol. The van der Waals surface area contributed by atoms with E-state index in [-0.39, 0.29) is 6.61 Å². The molecule has 0 N–H and O–H groups in total. The molecule has 0 unspecified atom stereocenters. The molecule has 27 heavy (non-hydrogen) atoms. The van der Waals surface area contributed by atoms with E-state index in [2.05, 4.69) is 31.9 Å². The quantitative estimate of drug-likeness (QED) is 0.505. The molecule has 0 atom stereocenters. The molecule has 2 aromatic carbocycles. The van der Waals surface area contributed by atoms with Crippen molar-refractivity contribution in [1.29, 1.82) is 0 Å². The summed E-state index contributed by atoms with van der Waals surface area (Å²) in [5.41, 5.74) is 2.57. The Morgan fingerprint density at radius 1 is 0.815 bits per heavy atom. The Morgan fingerprint density at radius 2 is 1.44 bits per heavy atom.